The van der Waals surface area contributed by atoms with Crippen LogP contribution in [0.4, 0.5) is 0 Å². The summed E-state index contributed by atoms with van der Waals surface area (Å²) in [6, 6.07) is 10.1. The molecule has 1 saturated heterocycles. The first-order valence-corrected chi connectivity index (χ1v) is 10.6. The van der Waals surface area contributed by atoms with E-state index in [2.05, 4.69) is 11.1 Å². The SMILES string of the molecule is Cc1[nH]c(=O)c(C#N)c(C)c1CCC(=O)N1CCCC1c1nc2ccccc2s1. The maximum atomic E-state index is 13.0. The number of hydrogen-bond donors (Lipinski definition) is 1. The lowest BCUT2D eigenvalue weighted by Crippen LogP contribution is -2.31. The number of aromatic nitrogens is 2. The first-order chi connectivity index (χ1) is 14.0. The maximum Gasteiger partial charge on any atom is 0.266 e. The van der Waals surface area contributed by atoms with Gasteiger partial charge in [-0.3, -0.25) is 9.59 Å². The summed E-state index contributed by atoms with van der Waals surface area (Å²) in [4.78, 5) is 34.4. The molecule has 1 fully saturated rings. The fourth-order valence-corrected chi connectivity index (χ4v) is 5.27. The molecule has 2 aromatic heterocycles. The van der Waals surface area contributed by atoms with E-state index < -0.39 is 0 Å². The van der Waals surface area contributed by atoms with Crippen LogP contribution in [0.3, 0.4) is 0 Å². The van der Waals surface area contributed by atoms with E-state index in [1.165, 1.54) is 0 Å². The van der Waals surface area contributed by atoms with Gasteiger partial charge in [-0.15, -0.1) is 11.3 Å². The second-order valence-electron chi connectivity index (χ2n) is 7.43. The largest absolute Gasteiger partial charge is 0.333 e. The molecule has 0 aliphatic carbocycles. The zero-order valence-corrected chi connectivity index (χ0v) is 17.3. The van der Waals surface area contributed by atoms with Gasteiger partial charge >= 0.3 is 0 Å². The number of aryl methyl sites for hydroxylation is 1. The number of H-pyrrole nitrogens is 1. The zero-order valence-electron chi connectivity index (χ0n) is 16.5. The molecule has 1 N–H and O–H groups in total. The smallest absolute Gasteiger partial charge is 0.266 e. The van der Waals surface area contributed by atoms with Crippen LogP contribution < -0.4 is 5.56 Å². The Hall–Kier alpha value is -2.98. The number of carbonyl (C=O) groups is 1. The Kier molecular flexibility index (Phi) is 5.20. The Labute approximate surface area is 172 Å². The molecule has 3 aromatic rings. The van der Waals surface area contributed by atoms with Crippen molar-refractivity contribution in [3.8, 4) is 6.07 Å². The van der Waals surface area contributed by atoms with Crippen molar-refractivity contribution in [2.75, 3.05) is 6.54 Å². The molecule has 0 bridgehead atoms. The van der Waals surface area contributed by atoms with Crippen LogP contribution in [-0.4, -0.2) is 27.3 Å². The maximum absolute atomic E-state index is 13.0. The van der Waals surface area contributed by atoms with Gasteiger partial charge in [0.1, 0.15) is 16.6 Å². The molecule has 1 amide bonds. The van der Waals surface area contributed by atoms with E-state index in [0.717, 1.165) is 45.9 Å². The summed E-state index contributed by atoms with van der Waals surface area (Å²) in [6.45, 7) is 4.34. The number of pyridine rings is 1. The number of nitrogens with zero attached hydrogens (tertiary/aromatic N) is 3. The van der Waals surface area contributed by atoms with E-state index in [0.29, 0.717) is 18.4 Å². The predicted octanol–water partition coefficient (Wildman–Crippen LogP) is 3.77. The van der Waals surface area contributed by atoms with Crippen molar-refractivity contribution < 1.29 is 4.79 Å². The third kappa shape index (κ3) is 3.56. The van der Waals surface area contributed by atoms with Crippen LogP contribution in [0.15, 0.2) is 29.1 Å². The average Bonchev–Trinajstić information content (AvgIpc) is 3.34. The number of aromatic amines is 1. The monoisotopic (exact) mass is 406 g/mol. The summed E-state index contributed by atoms with van der Waals surface area (Å²) in [5, 5.41) is 10.2. The van der Waals surface area contributed by atoms with Gasteiger partial charge in [0, 0.05) is 18.7 Å². The molecular formula is C22H22N4O2S. The number of fused-ring (bicyclic) bond motifs is 1. The standard InChI is InChI=1S/C22H22N4O2S/c1-13-15(14(2)24-21(28)16(13)12-23)9-10-20(27)26-11-5-7-18(26)22-25-17-6-3-4-8-19(17)29-22/h3-4,6,8,18H,5,7,9-11H2,1-2H3,(H,24,28). The number of benzene rings is 1. The van der Waals surface area contributed by atoms with Crippen molar-refractivity contribution in [3.63, 3.8) is 0 Å². The van der Waals surface area contributed by atoms with Crippen molar-refractivity contribution >= 4 is 27.5 Å². The van der Waals surface area contributed by atoms with E-state index in [1.54, 1.807) is 18.3 Å². The quantitative estimate of drug-likeness (QED) is 0.714. The molecule has 148 valence electrons. The van der Waals surface area contributed by atoms with Gasteiger partial charge < -0.3 is 9.88 Å². The molecule has 7 heteroatoms. The highest BCUT2D eigenvalue weighted by Gasteiger charge is 2.32. The Balaban J connectivity index is 1.53. The molecule has 1 aliphatic rings. The van der Waals surface area contributed by atoms with E-state index in [4.69, 9.17) is 4.98 Å². The molecule has 4 rings (SSSR count). The highest BCUT2D eigenvalue weighted by atomic mass is 32.1. The van der Waals surface area contributed by atoms with Crippen molar-refractivity contribution in [2.45, 2.75) is 45.6 Å². The molecule has 0 radical (unpaired) electrons. The first-order valence-electron chi connectivity index (χ1n) is 9.77. The average molecular weight is 407 g/mol. The number of nitriles is 1. The Morgan fingerprint density at radius 1 is 1.38 bits per heavy atom. The van der Waals surface area contributed by atoms with Crippen LogP contribution >= 0.6 is 11.3 Å². The van der Waals surface area contributed by atoms with Gasteiger partial charge in [-0.05, 0) is 56.4 Å². The molecule has 1 unspecified atom stereocenters. The van der Waals surface area contributed by atoms with Gasteiger partial charge in [0.15, 0.2) is 0 Å². The second kappa shape index (κ2) is 7.80. The molecule has 29 heavy (non-hydrogen) atoms. The van der Waals surface area contributed by atoms with Crippen molar-refractivity contribution in [1.82, 2.24) is 14.9 Å². The first kappa shape index (κ1) is 19.3. The summed E-state index contributed by atoms with van der Waals surface area (Å²) in [5.74, 6) is 0.0928. The van der Waals surface area contributed by atoms with Crippen LogP contribution in [0.2, 0.25) is 0 Å². The number of hydrogen-bond acceptors (Lipinski definition) is 5. The van der Waals surface area contributed by atoms with Crippen LogP contribution in [0.5, 0.6) is 0 Å². The van der Waals surface area contributed by atoms with Gasteiger partial charge in [-0.25, -0.2) is 4.98 Å². The van der Waals surface area contributed by atoms with Crippen LogP contribution in [0.1, 0.15) is 52.7 Å². The van der Waals surface area contributed by atoms with E-state index in [-0.39, 0.29) is 23.1 Å². The molecule has 1 atom stereocenters. The van der Waals surface area contributed by atoms with Gasteiger partial charge in [-0.2, -0.15) is 5.26 Å². The van der Waals surface area contributed by atoms with Gasteiger partial charge in [0.2, 0.25) is 5.91 Å². The zero-order chi connectivity index (χ0) is 20.5. The minimum absolute atomic E-state index is 0.0346. The second-order valence-corrected chi connectivity index (χ2v) is 8.50. The Morgan fingerprint density at radius 3 is 2.93 bits per heavy atom. The van der Waals surface area contributed by atoms with Gasteiger partial charge in [0.05, 0.1) is 16.3 Å². The number of carbonyl (C=O) groups excluding carboxylic acids is 1. The number of likely N-dealkylation sites (tertiary alicyclic amines) is 1. The number of para-hydroxylation sites is 1. The predicted molar refractivity (Wildman–Crippen MR) is 113 cm³/mol. The Morgan fingerprint density at radius 2 is 2.17 bits per heavy atom. The molecule has 3 heterocycles. The summed E-state index contributed by atoms with van der Waals surface area (Å²) in [5.41, 5.74) is 3.02. The molecule has 0 saturated carbocycles. The summed E-state index contributed by atoms with van der Waals surface area (Å²) in [6.07, 6.45) is 2.76. The van der Waals surface area contributed by atoms with Crippen LogP contribution in [0, 0.1) is 25.2 Å². The minimum atomic E-state index is -0.368. The van der Waals surface area contributed by atoms with Gasteiger partial charge in [0.25, 0.3) is 5.56 Å². The van der Waals surface area contributed by atoms with Crippen molar-refractivity contribution in [3.05, 3.63) is 62.0 Å². The highest BCUT2D eigenvalue weighted by Crippen LogP contribution is 2.36. The fraction of sp³-hybridized carbons (Fsp3) is 0.364. The van der Waals surface area contributed by atoms with E-state index >= 15 is 0 Å². The fourth-order valence-electron chi connectivity index (χ4n) is 4.15. The van der Waals surface area contributed by atoms with Crippen molar-refractivity contribution in [2.24, 2.45) is 0 Å². The highest BCUT2D eigenvalue weighted by molar-refractivity contribution is 7.18. The summed E-state index contributed by atoms with van der Waals surface area (Å²) >= 11 is 1.66. The molecule has 1 aromatic carbocycles. The Bertz CT molecular complexity index is 1150. The third-order valence-electron chi connectivity index (χ3n) is 5.68. The van der Waals surface area contributed by atoms with Crippen LogP contribution in [-0.2, 0) is 11.2 Å². The lowest BCUT2D eigenvalue weighted by atomic mass is 9.99. The topological polar surface area (TPSA) is 89.8 Å². The third-order valence-corrected chi connectivity index (χ3v) is 6.82. The molecule has 0 spiro atoms. The van der Waals surface area contributed by atoms with E-state index in [9.17, 15) is 14.9 Å². The van der Waals surface area contributed by atoms with Crippen LogP contribution in [0.25, 0.3) is 10.2 Å². The van der Waals surface area contributed by atoms with Crippen molar-refractivity contribution in [1.29, 1.82) is 5.26 Å². The number of nitrogens with one attached hydrogen (secondary N) is 1. The molecule has 6 nitrogen and oxygen atoms in total. The minimum Gasteiger partial charge on any atom is -0.333 e. The molecule has 1 aliphatic heterocycles. The normalized spacial score (nSPS) is 16.3. The number of rotatable bonds is 4. The lowest BCUT2D eigenvalue weighted by molar-refractivity contribution is -0.132. The number of amides is 1. The summed E-state index contributed by atoms with van der Waals surface area (Å²) < 4.78 is 1.14. The lowest BCUT2D eigenvalue weighted by Gasteiger charge is -2.23. The van der Waals surface area contributed by atoms with Gasteiger partial charge in [-0.1, -0.05) is 12.1 Å². The van der Waals surface area contributed by atoms with E-state index in [1.807, 2.05) is 36.1 Å². The summed E-state index contributed by atoms with van der Waals surface area (Å²) in [7, 11) is 0. The molecular weight excluding hydrogens is 384 g/mol. The number of thiazole rings is 1.